The first-order chi connectivity index (χ1) is 10.3. The zero-order valence-electron chi connectivity index (χ0n) is 13.1. The van der Waals surface area contributed by atoms with E-state index in [0.29, 0.717) is 19.3 Å². The first kappa shape index (κ1) is 16.1. The fourth-order valence-electron chi connectivity index (χ4n) is 2.54. The number of hydrogen-bond acceptors (Lipinski definition) is 4. The molecule has 2 N–H and O–H groups in total. The highest BCUT2D eigenvalue weighted by molar-refractivity contribution is 5.58. The van der Waals surface area contributed by atoms with Crippen molar-refractivity contribution in [2.24, 2.45) is 5.73 Å². The van der Waals surface area contributed by atoms with Gasteiger partial charge in [0.1, 0.15) is 12.4 Å². The van der Waals surface area contributed by atoms with Crippen molar-refractivity contribution in [3.05, 3.63) is 24.3 Å². The van der Waals surface area contributed by atoms with Gasteiger partial charge in [-0.05, 0) is 31.4 Å². The van der Waals surface area contributed by atoms with Crippen molar-refractivity contribution in [2.75, 3.05) is 37.8 Å². The Morgan fingerprint density at radius 3 is 2.67 bits per heavy atom. The lowest BCUT2D eigenvalue weighted by Gasteiger charge is -2.33. The number of anilines is 1. The van der Waals surface area contributed by atoms with E-state index in [1.807, 2.05) is 12.1 Å². The number of nitrogens with zero attached hydrogens (tertiary/aromatic N) is 1. The molecule has 1 saturated heterocycles. The van der Waals surface area contributed by atoms with Gasteiger partial charge in [-0.1, -0.05) is 25.5 Å². The number of piperidine rings is 1. The number of unbranched alkanes of at least 4 members (excludes halogenated alkanes) is 1. The second kappa shape index (κ2) is 8.90. The third-order valence-electron chi connectivity index (χ3n) is 3.87. The standard InChI is InChI=1S/C17H28N2O2/c1-2-3-12-20-13-14-21-17-7-5-4-6-16(17)19-10-8-15(18)9-11-19/h4-7,15H,2-3,8-14,18H2,1H3. The van der Waals surface area contributed by atoms with Gasteiger partial charge in [0.25, 0.3) is 0 Å². The summed E-state index contributed by atoms with van der Waals surface area (Å²) in [5.74, 6) is 0.951. The van der Waals surface area contributed by atoms with Gasteiger partial charge in [0.05, 0.1) is 12.3 Å². The third kappa shape index (κ3) is 5.21. The molecular formula is C17H28N2O2. The Kier molecular flexibility index (Phi) is 6.83. The Morgan fingerprint density at radius 1 is 1.14 bits per heavy atom. The summed E-state index contributed by atoms with van der Waals surface area (Å²) in [5.41, 5.74) is 7.16. The molecule has 118 valence electrons. The zero-order valence-corrected chi connectivity index (χ0v) is 13.1. The number of nitrogens with two attached hydrogens (primary N) is 1. The van der Waals surface area contributed by atoms with E-state index in [1.165, 1.54) is 12.1 Å². The molecular weight excluding hydrogens is 264 g/mol. The van der Waals surface area contributed by atoms with Gasteiger partial charge in [0.2, 0.25) is 0 Å². The number of ether oxygens (including phenoxy) is 2. The second-order valence-corrected chi connectivity index (χ2v) is 5.61. The van der Waals surface area contributed by atoms with Crippen LogP contribution in [0.2, 0.25) is 0 Å². The van der Waals surface area contributed by atoms with Crippen LogP contribution >= 0.6 is 0 Å². The summed E-state index contributed by atoms with van der Waals surface area (Å²) in [6, 6.07) is 8.60. The van der Waals surface area contributed by atoms with Gasteiger partial charge < -0.3 is 20.1 Å². The Bertz CT molecular complexity index is 404. The summed E-state index contributed by atoms with van der Waals surface area (Å²) in [6.07, 6.45) is 4.38. The quantitative estimate of drug-likeness (QED) is 0.749. The van der Waals surface area contributed by atoms with Crippen LogP contribution in [0.1, 0.15) is 32.6 Å². The molecule has 0 unspecified atom stereocenters. The molecule has 1 aromatic carbocycles. The van der Waals surface area contributed by atoms with E-state index in [4.69, 9.17) is 15.2 Å². The maximum Gasteiger partial charge on any atom is 0.142 e. The molecule has 0 atom stereocenters. The summed E-state index contributed by atoms with van der Waals surface area (Å²) in [4.78, 5) is 2.37. The Morgan fingerprint density at radius 2 is 1.90 bits per heavy atom. The molecule has 4 nitrogen and oxygen atoms in total. The number of hydrogen-bond donors (Lipinski definition) is 1. The van der Waals surface area contributed by atoms with Gasteiger partial charge in [0.15, 0.2) is 0 Å². The molecule has 0 bridgehead atoms. The van der Waals surface area contributed by atoms with Crippen molar-refractivity contribution in [1.82, 2.24) is 0 Å². The third-order valence-corrected chi connectivity index (χ3v) is 3.87. The van der Waals surface area contributed by atoms with E-state index >= 15 is 0 Å². The monoisotopic (exact) mass is 292 g/mol. The number of para-hydroxylation sites is 2. The van der Waals surface area contributed by atoms with Crippen molar-refractivity contribution in [2.45, 2.75) is 38.6 Å². The van der Waals surface area contributed by atoms with Crippen LogP contribution in [0, 0.1) is 0 Å². The first-order valence-electron chi connectivity index (χ1n) is 8.11. The topological polar surface area (TPSA) is 47.7 Å². The minimum atomic E-state index is 0.348. The van der Waals surface area contributed by atoms with Gasteiger partial charge in [-0.2, -0.15) is 0 Å². The zero-order chi connectivity index (χ0) is 14.9. The van der Waals surface area contributed by atoms with Gasteiger partial charge in [0, 0.05) is 25.7 Å². The van der Waals surface area contributed by atoms with Crippen molar-refractivity contribution < 1.29 is 9.47 Å². The molecule has 0 aliphatic carbocycles. The van der Waals surface area contributed by atoms with Gasteiger partial charge >= 0.3 is 0 Å². The molecule has 1 heterocycles. The lowest BCUT2D eigenvalue weighted by molar-refractivity contribution is 0.0981. The predicted molar refractivity (Wildman–Crippen MR) is 87.1 cm³/mol. The molecule has 2 rings (SSSR count). The summed E-state index contributed by atoms with van der Waals surface area (Å²) < 4.78 is 11.4. The van der Waals surface area contributed by atoms with Crippen molar-refractivity contribution >= 4 is 5.69 Å². The Labute approximate surface area is 128 Å². The summed E-state index contributed by atoms with van der Waals surface area (Å²) in [5, 5.41) is 0. The van der Waals surface area contributed by atoms with E-state index < -0.39 is 0 Å². The first-order valence-corrected chi connectivity index (χ1v) is 8.11. The highest BCUT2D eigenvalue weighted by Gasteiger charge is 2.18. The lowest BCUT2D eigenvalue weighted by atomic mass is 10.1. The van der Waals surface area contributed by atoms with Crippen LogP contribution in [0.15, 0.2) is 24.3 Å². The highest BCUT2D eigenvalue weighted by Crippen LogP contribution is 2.29. The maximum atomic E-state index is 5.98. The molecule has 1 aliphatic heterocycles. The summed E-state index contributed by atoms with van der Waals surface area (Å²) in [6.45, 7) is 6.27. The smallest absolute Gasteiger partial charge is 0.142 e. The molecule has 1 aromatic rings. The number of rotatable bonds is 8. The molecule has 1 fully saturated rings. The van der Waals surface area contributed by atoms with E-state index in [2.05, 4.69) is 24.0 Å². The summed E-state index contributed by atoms with van der Waals surface area (Å²) in [7, 11) is 0. The van der Waals surface area contributed by atoms with Gasteiger partial charge in [-0.15, -0.1) is 0 Å². The largest absolute Gasteiger partial charge is 0.489 e. The Hall–Kier alpha value is -1.26. The molecule has 21 heavy (non-hydrogen) atoms. The van der Waals surface area contributed by atoms with E-state index in [9.17, 15) is 0 Å². The minimum absolute atomic E-state index is 0.348. The molecule has 1 aliphatic rings. The lowest BCUT2D eigenvalue weighted by Crippen LogP contribution is -2.39. The van der Waals surface area contributed by atoms with Crippen molar-refractivity contribution in [3.8, 4) is 5.75 Å². The fraction of sp³-hybridized carbons (Fsp3) is 0.647. The van der Waals surface area contributed by atoms with Crippen molar-refractivity contribution in [3.63, 3.8) is 0 Å². The molecule has 0 radical (unpaired) electrons. The van der Waals surface area contributed by atoms with E-state index in [0.717, 1.165) is 44.7 Å². The highest BCUT2D eigenvalue weighted by atomic mass is 16.5. The predicted octanol–water partition coefficient (Wildman–Crippen LogP) is 2.81. The minimum Gasteiger partial charge on any atom is -0.489 e. The van der Waals surface area contributed by atoms with E-state index in [1.54, 1.807) is 0 Å². The average Bonchev–Trinajstić information content (AvgIpc) is 2.52. The van der Waals surface area contributed by atoms with Crippen LogP contribution in [0.25, 0.3) is 0 Å². The van der Waals surface area contributed by atoms with Crippen molar-refractivity contribution in [1.29, 1.82) is 0 Å². The molecule has 0 saturated carbocycles. The van der Waals surface area contributed by atoms with Gasteiger partial charge in [-0.25, -0.2) is 0 Å². The summed E-state index contributed by atoms with van der Waals surface area (Å²) >= 11 is 0. The van der Waals surface area contributed by atoms with Gasteiger partial charge in [-0.3, -0.25) is 0 Å². The van der Waals surface area contributed by atoms with Crippen LogP contribution in [-0.4, -0.2) is 39.0 Å². The molecule has 4 heteroatoms. The molecule has 0 amide bonds. The second-order valence-electron chi connectivity index (χ2n) is 5.61. The van der Waals surface area contributed by atoms with Crippen LogP contribution in [0.4, 0.5) is 5.69 Å². The molecule has 0 spiro atoms. The Balaban J connectivity index is 1.82. The normalized spacial score (nSPS) is 16.2. The van der Waals surface area contributed by atoms with Crippen LogP contribution < -0.4 is 15.4 Å². The average molecular weight is 292 g/mol. The van der Waals surface area contributed by atoms with Crippen LogP contribution in [0.5, 0.6) is 5.75 Å². The number of benzene rings is 1. The SMILES string of the molecule is CCCCOCCOc1ccccc1N1CCC(N)CC1. The van der Waals surface area contributed by atoms with Crippen LogP contribution in [0.3, 0.4) is 0 Å². The van der Waals surface area contributed by atoms with E-state index in [-0.39, 0.29) is 0 Å². The fourth-order valence-corrected chi connectivity index (χ4v) is 2.54. The molecule has 0 aromatic heterocycles. The van der Waals surface area contributed by atoms with Crippen LogP contribution in [-0.2, 0) is 4.74 Å². The maximum absolute atomic E-state index is 5.98.